The number of nitrogens with zero attached hydrogens (tertiary/aromatic N) is 2. The van der Waals surface area contributed by atoms with Crippen molar-refractivity contribution in [3.8, 4) is 0 Å². The van der Waals surface area contributed by atoms with Crippen LogP contribution in [0.15, 0.2) is 11.4 Å². The van der Waals surface area contributed by atoms with E-state index in [0.717, 1.165) is 31.1 Å². The van der Waals surface area contributed by atoms with Crippen LogP contribution in [0.1, 0.15) is 9.67 Å². The number of carbonyl (C=O) groups is 1. The Kier molecular flexibility index (Phi) is 3.29. The molecule has 15 heavy (non-hydrogen) atoms. The Morgan fingerprint density at radius 3 is 2.60 bits per heavy atom. The fraction of sp³-hybridized carbons (Fsp3) is 0.500. The van der Waals surface area contributed by atoms with E-state index in [2.05, 4.69) is 11.9 Å². The molecule has 1 aromatic heterocycles. The van der Waals surface area contributed by atoms with Crippen LogP contribution in [0.25, 0.3) is 0 Å². The first-order valence-corrected chi connectivity index (χ1v) is 6.14. The van der Waals surface area contributed by atoms with Gasteiger partial charge in [-0.05, 0) is 13.1 Å². The van der Waals surface area contributed by atoms with E-state index in [9.17, 15) is 4.79 Å². The molecule has 2 rings (SSSR count). The predicted octanol–water partition coefficient (Wildman–Crippen LogP) is 1.79. The van der Waals surface area contributed by atoms with Gasteiger partial charge in [-0.3, -0.25) is 4.79 Å². The minimum absolute atomic E-state index is 0.111. The number of halogens is 1. The summed E-state index contributed by atoms with van der Waals surface area (Å²) in [5, 5.41) is 2.45. The molecule has 2 heterocycles. The van der Waals surface area contributed by atoms with Gasteiger partial charge in [-0.1, -0.05) is 11.6 Å². The van der Waals surface area contributed by atoms with Gasteiger partial charge in [0.15, 0.2) is 0 Å². The quantitative estimate of drug-likeness (QED) is 0.752. The second-order valence-corrected chi connectivity index (χ2v) is 5.07. The third-order valence-electron chi connectivity index (χ3n) is 2.57. The van der Waals surface area contributed by atoms with E-state index < -0.39 is 0 Å². The summed E-state index contributed by atoms with van der Waals surface area (Å²) >= 11 is 7.21. The molecule has 0 atom stereocenters. The van der Waals surface area contributed by atoms with Gasteiger partial charge in [-0.15, -0.1) is 11.3 Å². The van der Waals surface area contributed by atoms with E-state index in [0.29, 0.717) is 5.02 Å². The van der Waals surface area contributed by atoms with Gasteiger partial charge in [0.25, 0.3) is 5.91 Å². The SMILES string of the molecule is CN1CCN(C(=O)c2cc(Cl)cs2)CC1. The summed E-state index contributed by atoms with van der Waals surface area (Å²) in [5.74, 6) is 0.111. The smallest absolute Gasteiger partial charge is 0.264 e. The van der Waals surface area contributed by atoms with E-state index in [4.69, 9.17) is 11.6 Å². The molecule has 82 valence electrons. The van der Waals surface area contributed by atoms with Crippen LogP contribution in [0, 0.1) is 0 Å². The molecule has 0 spiro atoms. The average molecular weight is 245 g/mol. The summed E-state index contributed by atoms with van der Waals surface area (Å²) in [6.07, 6.45) is 0. The Morgan fingerprint density at radius 2 is 2.07 bits per heavy atom. The first-order valence-electron chi connectivity index (χ1n) is 4.88. The topological polar surface area (TPSA) is 23.6 Å². The number of hydrogen-bond donors (Lipinski definition) is 0. The van der Waals surface area contributed by atoms with Gasteiger partial charge in [-0.25, -0.2) is 0 Å². The third-order valence-corrected chi connectivity index (χ3v) is 3.83. The van der Waals surface area contributed by atoms with Gasteiger partial charge >= 0.3 is 0 Å². The van der Waals surface area contributed by atoms with E-state index in [1.807, 2.05) is 4.90 Å². The van der Waals surface area contributed by atoms with Crippen LogP contribution in [0.5, 0.6) is 0 Å². The molecule has 3 nitrogen and oxygen atoms in total. The van der Waals surface area contributed by atoms with Gasteiger partial charge in [0.05, 0.1) is 9.90 Å². The Morgan fingerprint density at radius 1 is 1.40 bits per heavy atom. The zero-order valence-corrected chi connectivity index (χ0v) is 10.1. The fourth-order valence-electron chi connectivity index (χ4n) is 1.59. The highest BCUT2D eigenvalue weighted by Crippen LogP contribution is 2.21. The number of rotatable bonds is 1. The van der Waals surface area contributed by atoms with Gasteiger partial charge in [-0.2, -0.15) is 0 Å². The Balaban J connectivity index is 2.02. The zero-order chi connectivity index (χ0) is 10.8. The van der Waals surface area contributed by atoms with E-state index >= 15 is 0 Å². The minimum Gasteiger partial charge on any atom is -0.335 e. The monoisotopic (exact) mass is 244 g/mol. The van der Waals surface area contributed by atoms with Gasteiger partial charge in [0.1, 0.15) is 0 Å². The number of likely N-dealkylation sites (N-methyl/N-ethyl adjacent to an activating group) is 1. The van der Waals surface area contributed by atoms with Gasteiger partial charge in [0.2, 0.25) is 0 Å². The lowest BCUT2D eigenvalue weighted by Crippen LogP contribution is -2.46. The van der Waals surface area contributed by atoms with E-state index in [-0.39, 0.29) is 5.91 Å². The van der Waals surface area contributed by atoms with Crippen LogP contribution in [0.3, 0.4) is 0 Å². The summed E-state index contributed by atoms with van der Waals surface area (Å²) in [7, 11) is 2.07. The largest absolute Gasteiger partial charge is 0.335 e. The van der Waals surface area contributed by atoms with Crippen molar-refractivity contribution >= 4 is 28.8 Å². The first-order chi connectivity index (χ1) is 7.16. The lowest BCUT2D eigenvalue weighted by atomic mass is 10.3. The standard InChI is InChI=1S/C10H13ClN2OS/c1-12-2-4-13(5-3-12)10(14)9-6-8(11)7-15-9/h6-7H,2-5H2,1H3. The number of hydrogen-bond acceptors (Lipinski definition) is 3. The number of amides is 1. The molecule has 1 fully saturated rings. The molecule has 1 aromatic rings. The van der Waals surface area contributed by atoms with Crippen molar-refractivity contribution in [2.75, 3.05) is 33.2 Å². The Bertz CT molecular complexity index is 358. The summed E-state index contributed by atoms with van der Waals surface area (Å²) in [5.41, 5.74) is 0. The molecule has 0 N–H and O–H groups in total. The molecule has 1 aliphatic heterocycles. The lowest BCUT2D eigenvalue weighted by Gasteiger charge is -2.32. The highest BCUT2D eigenvalue weighted by molar-refractivity contribution is 7.12. The van der Waals surface area contributed by atoms with E-state index in [1.165, 1.54) is 11.3 Å². The average Bonchev–Trinajstić information content (AvgIpc) is 2.65. The van der Waals surface area contributed by atoms with Gasteiger partial charge < -0.3 is 9.80 Å². The highest BCUT2D eigenvalue weighted by atomic mass is 35.5. The molecule has 1 aliphatic rings. The minimum atomic E-state index is 0.111. The van der Waals surface area contributed by atoms with Crippen molar-refractivity contribution in [2.45, 2.75) is 0 Å². The highest BCUT2D eigenvalue weighted by Gasteiger charge is 2.21. The van der Waals surface area contributed by atoms with Crippen molar-refractivity contribution in [3.63, 3.8) is 0 Å². The molecule has 0 radical (unpaired) electrons. The summed E-state index contributed by atoms with van der Waals surface area (Å²) < 4.78 is 0. The molecule has 0 unspecified atom stereocenters. The maximum Gasteiger partial charge on any atom is 0.264 e. The molecule has 0 aromatic carbocycles. The maximum atomic E-state index is 12.0. The van der Waals surface area contributed by atoms with Crippen LogP contribution in [-0.2, 0) is 0 Å². The second kappa shape index (κ2) is 4.51. The Labute approximate surface area is 98.2 Å². The summed E-state index contributed by atoms with van der Waals surface area (Å²) in [6.45, 7) is 3.52. The normalized spacial score (nSPS) is 18.1. The molecule has 1 saturated heterocycles. The third kappa shape index (κ3) is 2.51. The van der Waals surface area contributed by atoms with Crippen molar-refractivity contribution in [2.24, 2.45) is 0 Å². The van der Waals surface area contributed by atoms with Crippen molar-refractivity contribution in [1.82, 2.24) is 9.80 Å². The summed E-state index contributed by atoms with van der Waals surface area (Å²) in [4.78, 5) is 16.8. The molecule has 0 aliphatic carbocycles. The Hall–Kier alpha value is -0.580. The maximum absolute atomic E-state index is 12.0. The van der Waals surface area contributed by atoms with Crippen molar-refractivity contribution in [3.05, 3.63) is 21.3 Å². The number of thiophene rings is 1. The first kappa shape index (κ1) is 10.9. The molecule has 1 amide bonds. The molecule has 5 heteroatoms. The van der Waals surface area contributed by atoms with Gasteiger partial charge in [0, 0.05) is 31.6 Å². The molecular formula is C10H13ClN2OS. The fourth-order valence-corrected chi connectivity index (χ4v) is 2.63. The lowest BCUT2D eigenvalue weighted by molar-refractivity contribution is 0.0669. The predicted molar refractivity (Wildman–Crippen MR) is 62.7 cm³/mol. The van der Waals surface area contributed by atoms with Crippen molar-refractivity contribution < 1.29 is 4.79 Å². The van der Waals surface area contributed by atoms with Crippen LogP contribution in [-0.4, -0.2) is 48.9 Å². The van der Waals surface area contributed by atoms with Crippen molar-refractivity contribution in [1.29, 1.82) is 0 Å². The van der Waals surface area contributed by atoms with Crippen LogP contribution < -0.4 is 0 Å². The van der Waals surface area contributed by atoms with Crippen LogP contribution >= 0.6 is 22.9 Å². The second-order valence-electron chi connectivity index (χ2n) is 3.72. The zero-order valence-electron chi connectivity index (χ0n) is 8.57. The van der Waals surface area contributed by atoms with E-state index in [1.54, 1.807) is 11.4 Å². The molecule has 0 saturated carbocycles. The van der Waals surface area contributed by atoms with Crippen LogP contribution in [0.2, 0.25) is 5.02 Å². The van der Waals surface area contributed by atoms with Crippen LogP contribution in [0.4, 0.5) is 0 Å². The molecule has 0 bridgehead atoms. The summed E-state index contributed by atoms with van der Waals surface area (Å²) in [6, 6.07) is 1.74. The number of carbonyl (C=O) groups excluding carboxylic acids is 1. The molecular weight excluding hydrogens is 232 g/mol. The number of piperazine rings is 1.